The summed E-state index contributed by atoms with van der Waals surface area (Å²) in [5.41, 5.74) is -0.634. The highest BCUT2D eigenvalue weighted by Gasteiger charge is 2.60. The van der Waals surface area contributed by atoms with Crippen LogP contribution in [0.25, 0.3) is 0 Å². The molecule has 0 spiro atoms. The van der Waals surface area contributed by atoms with E-state index < -0.39 is 23.2 Å². The zero-order valence-electron chi connectivity index (χ0n) is 13.5. The van der Waals surface area contributed by atoms with Crippen LogP contribution >= 0.6 is 0 Å². The number of amides is 1. The SMILES string of the molecule is CC1CC1(NC(=O)OC(C)(C)C)C(=O)OCc1ccccc1. The first-order valence-corrected chi connectivity index (χ1v) is 7.45. The number of ether oxygens (including phenoxy) is 2. The van der Waals surface area contributed by atoms with Crippen LogP contribution in [0, 0.1) is 5.92 Å². The number of esters is 1. The molecule has 1 aliphatic rings. The maximum atomic E-state index is 12.3. The van der Waals surface area contributed by atoms with E-state index in [4.69, 9.17) is 9.47 Å². The maximum Gasteiger partial charge on any atom is 0.408 e. The van der Waals surface area contributed by atoms with E-state index in [-0.39, 0.29) is 12.5 Å². The molecule has 120 valence electrons. The average molecular weight is 305 g/mol. The monoisotopic (exact) mass is 305 g/mol. The number of alkyl carbamates (subject to hydrolysis) is 1. The highest BCUT2D eigenvalue weighted by molar-refractivity contribution is 5.89. The molecule has 1 aromatic carbocycles. The van der Waals surface area contributed by atoms with Gasteiger partial charge in [-0.25, -0.2) is 9.59 Å². The fourth-order valence-corrected chi connectivity index (χ4v) is 2.27. The lowest BCUT2D eigenvalue weighted by Crippen LogP contribution is -2.47. The smallest absolute Gasteiger partial charge is 0.408 e. The van der Waals surface area contributed by atoms with Gasteiger partial charge in [0.05, 0.1) is 0 Å². The standard InChI is InChI=1S/C17H23NO4/c1-12-10-17(12,18-15(20)22-16(2,3)4)14(19)21-11-13-8-6-5-7-9-13/h5-9,12H,10-11H2,1-4H3,(H,18,20). The van der Waals surface area contributed by atoms with Gasteiger partial charge < -0.3 is 14.8 Å². The topological polar surface area (TPSA) is 64.6 Å². The molecule has 2 unspecified atom stereocenters. The second-order valence-corrected chi connectivity index (χ2v) is 6.77. The van der Waals surface area contributed by atoms with Crippen molar-refractivity contribution in [3.05, 3.63) is 35.9 Å². The van der Waals surface area contributed by atoms with E-state index in [2.05, 4.69) is 5.32 Å². The van der Waals surface area contributed by atoms with Crippen LogP contribution in [0.2, 0.25) is 0 Å². The second-order valence-electron chi connectivity index (χ2n) is 6.77. The molecule has 0 aliphatic heterocycles. The first-order chi connectivity index (χ1) is 10.2. The molecule has 0 aromatic heterocycles. The van der Waals surface area contributed by atoms with Gasteiger partial charge in [0, 0.05) is 0 Å². The van der Waals surface area contributed by atoms with Crippen molar-refractivity contribution < 1.29 is 19.1 Å². The Morgan fingerprint density at radius 1 is 1.27 bits per heavy atom. The van der Waals surface area contributed by atoms with E-state index >= 15 is 0 Å². The minimum atomic E-state index is -0.947. The summed E-state index contributed by atoms with van der Waals surface area (Å²) in [6, 6.07) is 9.45. The lowest BCUT2D eigenvalue weighted by atomic mass is 10.2. The van der Waals surface area contributed by atoms with Crippen LogP contribution in [0.3, 0.4) is 0 Å². The molecule has 0 bridgehead atoms. The van der Waals surface area contributed by atoms with Gasteiger partial charge in [-0.15, -0.1) is 0 Å². The molecule has 1 N–H and O–H groups in total. The molecule has 0 radical (unpaired) electrons. The minimum absolute atomic E-state index is 0.0447. The molecular weight excluding hydrogens is 282 g/mol. The van der Waals surface area contributed by atoms with E-state index in [1.807, 2.05) is 37.3 Å². The van der Waals surface area contributed by atoms with Crippen LogP contribution in [0.4, 0.5) is 4.79 Å². The highest BCUT2D eigenvalue weighted by atomic mass is 16.6. The summed E-state index contributed by atoms with van der Waals surface area (Å²) >= 11 is 0. The van der Waals surface area contributed by atoms with E-state index in [0.29, 0.717) is 6.42 Å². The lowest BCUT2D eigenvalue weighted by molar-refractivity contribution is -0.149. The van der Waals surface area contributed by atoms with Crippen LogP contribution in [-0.4, -0.2) is 23.2 Å². The van der Waals surface area contributed by atoms with Gasteiger partial charge in [0.25, 0.3) is 0 Å². The summed E-state index contributed by atoms with van der Waals surface area (Å²) in [6.45, 7) is 7.45. The van der Waals surface area contributed by atoms with Crippen molar-refractivity contribution in [1.29, 1.82) is 0 Å². The fraction of sp³-hybridized carbons (Fsp3) is 0.529. The second kappa shape index (κ2) is 5.99. The highest BCUT2D eigenvalue weighted by Crippen LogP contribution is 2.44. The van der Waals surface area contributed by atoms with Gasteiger partial charge in [0.15, 0.2) is 0 Å². The predicted molar refractivity (Wildman–Crippen MR) is 82.1 cm³/mol. The molecule has 1 aromatic rings. The van der Waals surface area contributed by atoms with Gasteiger partial charge in [-0.3, -0.25) is 0 Å². The Kier molecular flexibility index (Phi) is 4.44. The third-order valence-electron chi connectivity index (χ3n) is 3.61. The van der Waals surface area contributed by atoms with Gasteiger partial charge in [-0.05, 0) is 38.7 Å². The molecule has 0 saturated heterocycles. The molecular formula is C17H23NO4. The van der Waals surface area contributed by atoms with Crippen LogP contribution in [0.15, 0.2) is 30.3 Å². The first-order valence-electron chi connectivity index (χ1n) is 7.45. The molecule has 5 nitrogen and oxygen atoms in total. The quantitative estimate of drug-likeness (QED) is 0.868. The van der Waals surface area contributed by atoms with Gasteiger partial charge in [0.2, 0.25) is 0 Å². The summed E-state index contributed by atoms with van der Waals surface area (Å²) in [5, 5.41) is 2.67. The van der Waals surface area contributed by atoms with Crippen molar-refractivity contribution in [2.75, 3.05) is 0 Å². The number of hydrogen-bond acceptors (Lipinski definition) is 4. The lowest BCUT2D eigenvalue weighted by Gasteiger charge is -2.23. The van der Waals surface area contributed by atoms with Crippen molar-refractivity contribution in [3.63, 3.8) is 0 Å². The number of hydrogen-bond donors (Lipinski definition) is 1. The van der Waals surface area contributed by atoms with Crippen molar-refractivity contribution in [2.45, 2.75) is 51.9 Å². The molecule has 1 saturated carbocycles. The van der Waals surface area contributed by atoms with Crippen molar-refractivity contribution in [2.24, 2.45) is 5.92 Å². The molecule has 1 fully saturated rings. The third kappa shape index (κ3) is 4.00. The Balaban J connectivity index is 1.93. The van der Waals surface area contributed by atoms with Gasteiger partial charge in [0.1, 0.15) is 17.7 Å². The average Bonchev–Trinajstić information content (AvgIpc) is 3.06. The van der Waals surface area contributed by atoms with Crippen molar-refractivity contribution in [1.82, 2.24) is 5.32 Å². The summed E-state index contributed by atoms with van der Waals surface area (Å²) in [5.74, 6) is -0.363. The fourth-order valence-electron chi connectivity index (χ4n) is 2.27. The number of nitrogens with one attached hydrogen (secondary N) is 1. The van der Waals surface area contributed by atoms with Crippen LogP contribution in [-0.2, 0) is 20.9 Å². The minimum Gasteiger partial charge on any atom is -0.459 e. The molecule has 2 atom stereocenters. The zero-order chi connectivity index (χ0) is 16.4. The molecule has 0 heterocycles. The Morgan fingerprint density at radius 3 is 2.36 bits per heavy atom. The summed E-state index contributed by atoms with van der Waals surface area (Å²) < 4.78 is 10.6. The summed E-state index contributed by atoms with van der Waals surface area (Å²) in [4.78, 5) is 24.2. The Hall–Kier alpha value is -2.04. The Bertz CT molecular complexity index is 550. The maximum absolute atomic E-state index is 12.3. The molecule has 22 heavy (non-hydrogen) atoms. The first kappa shape index (κ1) is 16.3. The van der Waals surface area contributed by atoms with E-state index in [1.54, 1.807) is 20.8 Å². The largest absolute Gasteiger partial charge is 0.459 e. The molecule has 1 aliphatic carbocycles. The molecule has 5 heteroatoms. The van der Waals surface area contributed by atoms with Gasteiger partial charge in [-0.2, -0.15) is 0 Å². The normalized spacial score (nSPS) is 23.5. The van der Waals surface area contributed by atoms with Crippen molar-refractivity contribution in [3.8, 4) is 0 Å². The number of benzene rings is 1. The molecule has 1 amide bonds. The van der Waals surface area contributed by atoms with Gasteiger partial charge >= 0.3 is 12.1 Å². The predicted octanol–water partition coefficient (Wildman–Crippen LogP) is 3.03. The number of carbonyl (C=O) groups is 2. The number of carbonyl (C=O) groups excluding carboxylic acids is 2. The number of rotatable bonds is 4. The van der Waals surface area contributed by atoms with Crippen LogP contribution < -0.4 is 5.32 Å². The van der Waals surface area contributed by atoms with Crippen molar-refractivity contribution >= 4 is 12.1 Å². The Morgan fingerprint density at radius 2 is 1.86 bits per heavy atom. The van der Waals surface area contributed by atoms with E-state index in [1.165, 1.54) is 0 Å². The van der Waals surface area contributed by atoms with E-state index in [9.17, 15) is 9.59 Å². The van der Waals surface area contributed by atoms with E-state index in [0.717, 1.165) is 5.56 Å². The third-order valence-corrected chi connectivity index (χ3v) is 3.61. The molecule has 2 rings (SSSR count). The van der Waals surface area contributed by atoms with Gasteiger partial charge in [-0.1, -0.05) is 37.3 Å². The zero-order valence-corrected chi connectivity index (χ0v) is 13.5. The summed E-state index contributed by atoms with van der Waals surface area (Å²) in [6.07, 6.45) is -0.0200. The van der Waals surface area contributed by atoms with Crippen LogP contribution in [0.5, 0.6) is 0 Å². The summed E-state index contributed by atoms with van der Waals surface area (Å²) in [7, 11) is 0. The Labute approximate surface area is 131 Å². The van der Waals surface area contributed by atoms with Crippen LogP contribution in [0.1, 0.15) is 39.7 Å².